The van der Waals surface area contributed by atoms with E-state index in [-0.39, 0.29) is 23.6 Å². The van der Waals surface area contributed by atoms with Crippen LogP contribution in [0.5, 0.6) is 11.5 Å². The van der Waals surface area contributed by atoms with Crippen LogP contribution in [-0.2, 0) is 24.9 Å². The molecular weight excluding hydrogens is 435 g/mol. The zero-order chi connectivity index (χ0) is 23.9. The Morgan fingerprint density at radius 3 is 2.71 bits per heavy atom. The second kappa shape index (κ2) is 11.2. The average molecular weight is 467 g/mol. The Morgan fingerprint density at radius 2 is 2.00 bits per heavy atom. The molecule has 1 aliphatic heterocycles. The number of likely N-dealkylation sites (tertiary alicyclic amines) is 1. The predicted octanol–water partition coefficient (Wildman–Crippen LogP) is 3.40. The van der Waals surface area contributed by atoms with E-state index in [1.807, 2.05) is 42.1 Å². The summed E-state index contributed by atoms with van der Waals surface area (Å²) in [5.74, 6) is 1.89. The van der Waals surface area contributed by atoms with E-state index in [9.17, 15) is 9.18 Å². The molecule has 7 nitrogen and oxygen atoms in total. The Kier molecular flexibility index (Phi) is 7.80. The fourth-order valence-corrected chi connectivity index (χ4v) is 4.34. The summed E-state index contributed by atoms with van der Waals surface area (Å²) in [6, 6.07) is 13.8. The van der Waals surface area contributed by atoms with Crippen LogP contribution in [-0.4, -0.2) is 47.2 Å². The number of benzene rings is 2. The number of hydrogen-bond acceptors (Lipinski definition) is 5. The largest absolute Gasteiger partial charge is 0.497 e. The van der Waals surface area contributed by atoms with Gasteiger partial charge in [-0.15, -0.1) is 0 Å². The standard InChI is InChI=1S/C26H31FN4O3/c1-30-11-10-28-25(30)17-31-15-20(18-34-24-5-3-4-22(27)13-24)12-21(16-31)26(32)29-14-19-6-8-23(33-2)9-7-19/h3-11,13,20-21H,12,14-18H2,1-2H3,(H,29,32)/t20-,21+/m0/s1. The number of ether oxygens (including phenoxy) is 2. The van der Waals surface area contributed by atoms with Crippen molar-refractivity contribution in [3.05, 3.63) is 78.1 Å². The summed E-state index contributed by atoms with van der Waals surface area (Å²) in [6.45, 7) is 2.97. The van der Waals surface area contributed by atoms with Gasteiger partial charge in [-0.1, -0.05) is 18.2 Å². The van der Waals surface area contributed by atoms with Gasteiger partial charge in [-0.05, 0) is 36.2 Å². The van der Waals surface area contributed by atoms with E-state index in [4.69, 9.17) is 9.47 Å². The van der Waals surface area contributed by atoms with Crippen LogP contribution in [0.15, 0.2) is 60.9 Å². The van der Waals surface area contributed by atoms with Gasteiger partial charge in [-0.3, -0.25) is 9.69 Å². The van der Waals surface area contributed by atoms with Crippen molar-refractivity contribution in [2.75, 3.05) is 26.8 Å². The SMILES string of the molecule is COc1ccc(CNC(=O)[C@@H]2C[C@H](COc3cccc(F)c3)CN(Cc3nccn3C)C2)cc1. The molecule has 2 aromatic carbocycles. The summed E-state index contributed by atoms with van der Waals surface area (Å²) >= 11 is 0. The molecule has 2 heterocycles. The normalized spacial score (nSPS) is 18.4. The maximum Gasteiger partial charge on any atom is 0.224 e. The lowest BCUT2D eigenvalue weighted by molar-refractivity contribution is -0.128. The number of nitrogens with zero attached hydrogens (tertiary/aromatic N) is 3. The van der Waals surface area contributed by atoms with Crippen LogP contribution in [0.3, 0.4) is 0 Å². The number of aryl methyl sites for hydroxylation is 1. The molecule has 180 valence electrons. The molecule has 0 aliphatic carbocycles. The Balaban J connectivity index is 1.39. The van der Waals surface area contributed by atoms with Crippen LogP contribution < -0.4 is 14.8 Å². The lowest BCUT2D eigenvalue weighted by atomic mass is 9.88. The fraction of sp³-hybridized carbons (Fsp3) is 0.385. The number of carbonyl (C=O) groups excluding carboxylic acids is 1. The number of imidazole rings is 1. The molecule has 1 N–H and O–H groups in total. The van der Waals surface area contributed by atoms with Gasteiger partial charge in [0.15, 0.2) is 0 Å². The molecule has 1 amide bonds. The molecule has 3 aromatic rings. The zero-order valence-electron chi connectivity index (χ0n) is 19.6. The van der Waals surface area contributed by atoms with E-state index in [0.29, 0.717) is 38.4 Å². The number of amides is 1. The number of nitrogens with one attached hydrogen (secondary N) is 1. The molecule has 0 saturated carbocycles. The molecular formula is C26H31FN4O3. The van der Waals surface area contributed by atoms with Crippen molar-refractivity contribution in [2.24, 2.45) is 18.9 Å². The molecule has 4 rings (SSSR count). The molecule has 0 radical (unpaired) electrons. The van der Waals surface area contributed by atoms with E-state index < -0.39 is 0 Å². The van der Waals surface area contributed by atoms with Crippen molar-refractivity contribution in [1.82, 2.24) is 19.8 Å². The average Bonchev–Trinajstić information content (AvgIpc) is 3.25. The molecule has 34 heavy (non-hydrogen) atoms. The number of methoxy groups -OCH3 is 1. The summed E-state index contributed by atoms with van der Waals surface area (Å²) in [4.78, 5) is 19.8. The summed E-state index contributed by atoms with van der Waals surface area (Å²) in [6.07, 6.45) is 4.41. The van der Waals surface area contributed by atoms with Crippen molar-refractivity contribution >= 4 is 5.91 Å². The van der Waals surface area contributed by atoms with Crippen molar-refractivity contribution < 1.29 is 18.7 Å². The smallest absolute Gasteiger partial charge is 0.224 e. The number of hydrogen-bond donors (Lipinski definition) is 1. The maximum atomic E-state index is 13.5. The van der Waals surface area contributed by atoms with Crippen LogP contribution in [0.4, 0.5) is 4.39 Å². The van der Waals surface area contributed by atoms with E-state index in [0.717, 1.165) is 23.7 Å². The first-order chi connectivity index (χ1) is 16.5. The quantitative estimate of drug-likeness (QED) is 0.524. The monoisotopic (exact) mass is 466 g/mol. The van der Waals surface area contributed by atoms with Crippen molar-refractivity contribution in [3.63, 3.8) is 0 Å². The molecule has 1 aromatic heterocycles. The Bertz CT molecular complexity index is 1090. The summed E-state index contributed by atoms with van der Waals surface area (Å²) in [5.41, 5.74) is 1.01. The van der Waals surface area contributed by atoms with Gasteiger partial charge >= 0.3 is 0 Å². The van der Waals surface area contributed by atoms with Crippen LogP contribution in [0.2, 0.25) is 0 Å². The predicted molar refractivity (Wildman–Crippen MR) is 127 cm³/mol. The van der Waals surface area contributed by atoms with Gasteiger partial charge < -0.3 is 19.4 Å². The van der Waals surface area contributed by atoms with E-state index in [1.54, 1.807) is 25.4 Å². The van der Waals surface area contributed by atoms with Crippen molar-refractivity contribution in [1.29, 1.82) is 0 Å². The highest BCUT2D eigenvalue weighted by Gasteiger charge is 2.32. The third-order valence-electron chi connectivity index (χ3n) is 6.18. The first-order valence-corrected chi connectivity index (χ1v) is 11.5. The third kappa shape index (κ3) is 6.35. The van der Waals surface area contributed by atoms with E-state index in [1.165, 1.54) is 12.1 Å². The van der Waals surface area contributed by atoms with Gasteiger partial charge in [0.1, 0.15) is 23.1 Å². The van der Waals surface area contributed by atoms with Crippen LogP contribution >= 0.6 is 0 Å². The number of rotatable bonds is 9. The van der Waals surface area contributed by atoms with Crippen molar-refractivity contribution in [3.8, 4) is 11.5 Å². The lowest BCUT2D eigenvalue weighted by Gasteiger charge is -2.36. The highest BCUT2D eigenvalue weighted by Crippen LogP contribution is 2.25. The molecule has 0 unspecified atom stereocenters. The van der Waals surface area contributed by atoms with Crippen LogP contribution in [0, 0.1) is 17.7 Å². The first-order valence-electron chi connectivity index (χ1n) is 11.5. The summed E-state index contributed by atoms with van der Waals surface area (Å²) < 4.78 is 26.6. The number of aromatic nitrogens is 2. The molecule has 1 saturated heterocycles. The van der Waals surface area contributed by atoms with Gasteiger partial charge in [0.05, 0.1) is 26.2 Å². The molecule has 2 atom stereocenters. The fourth-order valence-electron chi connectivity index (χ4n) is 4.34. The van der Waals surface area contributed by atoms with E-state index in [2.05, 4.69) is 15.2 Å². The van der Waals surface area contributed by atoms with Gasteiger partial charge in [0.2, 0.25) is 5.91 Å². The molecule has 0 spiro atoms. The molecule has 1 aliphatic rings. The topological polar surface area (TPSA) is 68.6 Å². The number of halogens is 1. The highest BCUT2D eigenvalue weighted by atomic mass is 19.1. The van der Waals surface area contributed by atoms with E-state index >= 15 is 0 Å². The first kappa shape index (κ1) is 23.8. The Labute approximate surface area is 199 Å². The van der Waals surface area contributed by atoms with Crippen LogP contribution in [0.1, 0.15) is 17.8 Å². The second-order valence-electron chi connectivity index (χ2n) is 8.78. The minimum atomic E-state index is -0.326. The summed E-state index contributed by atoms with van der Waals surface area (Å²) in [7, 11) is 3.60. The number of piperidine rings is 1. The zero-order valence-corrected chi connectivity index (χ0v) is 19.6. The van der Waals surface area contributed by atoms with Gasteiger partial charge in [0, 0.05) is 51.1 Å². The number of carbonyl (C=O) groups is 1. The summed E-state index contributed by atoms with van der Waals surface area (Å²) in [5, 5.41) is 3.08. The molecule has 8 heteroatoms. The van der Waals surface area contributed by atoms with Gasteiger partial charge in [-0.25, -0.2) is 9.37 Å². The van der Waals surface area contributed by atoms with Crippen LogP contribution in [0.25, 0.3) is 0 Å². The highest BCUT2D eigenvalue weighted by molar-refractivity contribution is 5.79. The minimum Gasteiger partial charge on any atom is -0.497 e. The minimum absolute atomic E-state index is 0.0242. The lowest BCUT2D eigenvalue weighted by Crippen LogP contribution is -2.47. The molecule has 1 fully saturated rings. The maximum absolute atomic E-state index is 13.5. The van der Waals surface area contributed by atoms with Gasteiger partial charge in [-0.2, -0.15) is 0 Å². The Morgan fingerprint density at radius 1 is 1.18 bits per heavy atom. The van der Waals surface area contributed by atoms with Gasteiger partial charge in [0.25, 0.3) is 0 Å². The third-order valence-corrected chi connectivity index (χ3v) is 6.18. The molecule has 0 bridgehead atoms. The second-order valence-corrected chi connectivity index (χ2v) is 8.78. The Hall–Kier alpha value is -3.39. The van der Waals surface area contributed by atoms with Crippen molar-refractivity contribution in [2.45, 2.75) is 19.5 Å².